The molecule has 0 unspecified atom stereocenters. The molecule has 0 N–H and O–H groups in total. The second-order valence-electron chi connectivity index (χ2n) is 2.93. The number of nitro benzene ring substituents is 1. The number of hydrogen-bond acceptors (Lipinski definition) is 5. The van der Waals surface area contributed by atoms with Gasteiger partial charge in [-0.3, -0.25) is 10.1 Å². The van der Waals surface area contributed by atoms with Gasteiger partial charge in [-0.1, -0.05) is 0 Å². The number of nitrogens with zero attached hydrogens (tertiary/aromatic N) is 1. The van der Waals surface area contributed by atoms with Crippen LogP contribution in [0.2, 0.25) is 0 Å². The lowest BCUT2D eigenvalue weighted by atomic mass is 10.2. The minimum Gasteiger partial charge on any atom is -0.497 e. The van der Waals surface area contributed by atoms with Crippen LogP contribution in [0.15, 0.2) is 18.2 Å². The minimum atomic E-state index is -3.83. The van der Waals surface area contributed by atoms with Crippen LogP contribution >= 0.6 is 10.7 Å². The van der Waals surface area contributed by atoms with Crippen molar-refractivity contribution in [3.63, 3.8) is 0 Å². The van der Waals surface area contributed by atoms with Crippen LogP contribution in [0.4, 0.5) is 5.69 Å². The summed E-state index contributed by atoms with van der Waals surface area (Å²) in [5.74, 6) is -0.308. The maximum absolute atomic E-state index is 10.8. The van der Waals surface area contributed by atoms with Crippen molar-refractivity contribution >= 4 is 25.4 Å². The van der Waals surface area contributed by atoms with Gasteiger partial charge in [0.2, 0.25) is 9.05 Å². The standard InChI is InChI=1S/C8H8ClNO5S/c1-15-7-3-2-6(5-16(9,13)14)8(4-7)10(11)12/h2-4H,5H2,1H3. The minimum absolute atomic E-state index is 0.0285. The molecular formula is C8H8ClNO5S. The molecule has 0 aliphatic rings. The van der Waals surface area contributed by atoms with Gasteiger partial charge in [-0.2, -0.15) is 0 Å². The topological polar surface area (TPSA) is 86.5 Å². The fourth-order valence-corrected chi connectivity index (χ4v) is 2.12. The summed E-state index contributed by atoms with van der Waals surface area (Å²) in [6.07, 6.45) is 0. The summed E-state index contributed by atoms with van der Waals surface area (Å²) in [6, 6.07) is 3.89. The first-order chi connectivity index (χ1) is 7.33. The Morgan fingerprint density at radius 2 is 2.12 bits per heavy atom. The van der Waals surface area contributed by atoms with Crippen LogP contribution in [0.1, 0.15) is 5.56 Å². The molecular weight excluding hydrogens is 258 g/mol. The number of hydrogen-bond donors (Lipinski definition) is 0. The van der Waals surface area contributed by atoms with Crippen molar-refractivity contribution in [3.8, 4) is 5.75 Å². The predicted octanol–water partition coefficient (Wildman–Crippen LogP) is 1.67. The molecule has 0 saturated heterocycles. The molecule has 0 atom stereocenters. The van der Waals surface area contributed by atoms with Crippen LogP contribution in [0.5, 0.6) is 5.75 Å². The molecule has 0 fully saturated rings. The van der Waals surface area contributed by atoms with Crippen molar-refractivity contribution in [3.05, 3.63) is 33.9 Å². The average molecular weight is 266 g/mol. The number of benzene rings is 1. The molecule has 0 radical (unpaired) electrons. The number of rotatable bonds is 4. The summed E-state index contributed by atoms with van der Waals surface area (Å²) in [7, 11) is 2.57. The van der Waals surface area contributed by atoms with Gasteiger partial charge in [0.25, 0.3) is 5.69 Å². The number of nitro groups is 1. The first-order valence-corrected chi connectivity index (χ1v) is 6.55. The molecule has 0 heterocycles. The molecule has 8 heteroatoms. The first kappa shape index (κ1) is 12.7. The van der Waals surface area contributed by atoms with Crippen molar-refractivity contribution in [1.29, 1.82) is 0 Å². The highest BCUT2D eigenvalue weighted by atomic mass is 35.7. The Hall–Kier alpha value is -1.34. The molecule has 0 bridgehead atoms. The lowest BCUT2D eigenvalue weighted by Crippen LogP contribution is -2.01. The molecule has 1 aromatic carbocycles. The summed E-state index contributed by atoms with van der Waals surface area (Å²) in [5.41, 5.74) is -0.302. The van der Waals surface area contributed by atoms with Crippen LogP contribution in [-0.2, 0) is 14.8 Å². The van der Waals surface area contributed by atoms with Gasteiger partial charge in [0.05, 0.1) is 23.9 Å². The second kappa shape index (κ2) is 4.67. The number of methoxy groups -OCH3 is 1. The third kappa shape index (κ3) is 3.35. The second-order valence-corrected chi connectivity index (χ2v) is 5.71. The van der Waals surface area contributed by atoms with Crippen LogP contribution in [0.3, 0.4) is 0 Å². The molecule has 0 aliphatic carbocycles. The van der Waals surface area contributed by atoms with Gasteiger partial charge in [-0.15, -0.1) is 0 Å². The Bertz CT molecular complexity index is 513. The molecule has 88 valence electrons. The van der Waals surface area contributed by atoms with E-state index in [1.54, 1.807) is 0 Å². The highest BCUT2D eigenvalue weighted by Crippen LogP contribution is 2.26. The van der Waals surface area contributed by atoms with E-state index >= 15 is 0 Å². The highest BCUT2D eigenvalue weighted by molar-refractivity contribution is 8.13. The largest absolute Gasteiger partial charge is 0.497 e. The predicted molar refractivity (Wildman–Crippen MR) is 58.1 cm³/mol. The fourth-order valence-electron chi connectivity index (χ4n) is 1.15. The normalized spacial score (nSPS) is 11.1. The van der Waals surface area contributed by atoms with Gasteiger partial charge < -0.3 is 4.74 Å². The zero-order valence-corrected chi connectivity index (χ0v) is 9.79. The van der Waals surface area contributed by atoms with Gasteiger partial charge in [0.15, 0.2) is 0 Å². The van der Waals surface area contributed by atoms with E-state index in [1.807, 2.05) is 0 Å². The van der Waals surface area contributed by atoms with E-state index in [0.717, 1.165) is 6.07 Å². The van der Waals surface area contributed by atoms with Crippen LogP contribution in [-0.4, -0.2) is 20.5 Å². The summed E-state index contributed by atoms with van der Waals surface area (Å²) in [5, 5.41) is 10.7. The maximum Gasteiger partial charge on any atom is 0.277 e. The molecule has 6 nitrogen and oxygen atoms in total. The lowest BCUT2D eigenvalue weighted by Gasteiger charge is -2.03. The van der Waals surface area contributed by atoms with E-state index in [4.69, 9.17) is 15.4 Å². The van der Waals surface area contributed by atoms with E-state index in [0.29, 0.717) is 0 Å². The smallest absolute Gasteiger partial charge is 0.277 e. The quantitative estimate of drug-likeness (QED) is 0.469. The van der Waals surface area contributed by atoms with Gasteiger partial charge in [0, 0.05) is 16.2 Å². The number of ether oxygens (including phenoxy) is 1. The van der Waals surface area contributed by atoms with Crippen LogP contribution in [0, 0.1) is 10.1 Å². The van der Waals surface area contributed by atoms with Crippen molar-refractivity contribution in [1.82, 2.24) is 0 Å². The SMILES string of the molecule is COc1ccc(CS(=O)(=O)Cl)c([N+](=O)[O-])c1. The molecule has 0 amide bonds. The van der Waals surface area contributed by atoms with Crippen LogP contribution < -0.4 is 4.74 Å². The zero-order chi connectivity index (χ0) is 12.3. The van der Waals surface area contributed by atoms with E-state index in [9.17, 15) is 18.5 Å². The molecule has 0 aliphatic heterocycles. The molecule has 1 aromatic rings. The first-order valence-electron chi connectivity index (χ1n) is 4.07. The Balaban J connectivity index is 3.23. The Morgan fingerprint density at radius 3 is 2.56 bits per heavy atom. The summed E-state index contributed by atoms with van der Waals surface area (Å²) in [4.78, 5) is 10.0. The summed E-state index contributed by atoms with van der Waals surface area (Å²) < 4.78 is 26.5. The van der Waals surface area contributed by atoms with E-state index in [-0.39, 0.29) is 17.0 Å². The molecule has 0 aromatic heterocycles. The Morgan fingerprint density at radius 1 is 1.50 bits per heavy atom. The third-order valence-electron chi connectivity index (χ3n) is 1.82. The molecule has 16 heavy (non-hydrogen) atoms. The van der Waals surface area contributed by atoms with E-state index < -0.39 is 19.7 Å². The monoisotopic (exact) mass is 265 g/mol. The Kier molecular flexibility index (Phi) is 3.71. The summed E-state index contributed by atoms with van der Waals surface area (Å²) >= 11 is 0. The van der Waals surface area contributed by atoms with Gasteiger partial charge in [0.1, 0.15) is 5.75 Å². The zero-order valence-electron chi connectivity index (χ0n) is 8.21. The van der Waals surface area contributed by atoms with E-state index in [1.165, 1.54) is 19.2 Å². The van der Waals surface area contributed by atoms with Gasteiger partial charge in [-0.05, 0) is 12.1 Å². The van der Waals surface area contributed by atoms with Gasteiger partial charge in [-0.25, -0.2) is 8.42 Å². The maximum atomic E-state index is 10.8. The van der Waals surface area contributed by atoms with Crippen molar-refractivity contribution in [2.45, 2.75) is 5.75 Å². The lowest BCUT2D eigenvalue weighted by molar-refractivity contribution is -0.385. The third-order valence-corrected chi connectivity index (χ3v) is 2.80. The van der Waals surface area contributed by atoms with Crippen molar-refractivity contribution in [2.75, 3.05) is 7.11 Å². The highest BCUT2D eigenvalue weighted by Gasteiger charge is 2.19. The fraction of sp³-hybridized carbons (Fsp3) is 0.250. The van der Waals surface area contributed by atoms with E-state index in [2.05, 4.69) is 0 Å². The Labute approximate surface area is 96.4 Å². The molecule has 1 rings (SSSR count). The molecule has 0 saturated carbocycles. The summed E-state index contributed by atoms with van der Waals surface area (Å²) in [6.45, 7) is 0. The average Bonchev–Trinajstić information content (AvgIpc) is 2.15. The van der Waals surface area contributed by atoms with Gasteiger partial charge >= 0.3 is 0 Å². The van der Waals surface area contributed by atoms with Crippen molar-refractivity contribution in [2.24, 2.45) is 0 Å². The molecule has 0 spiro atoms. The van der Waals surface area contributed by atoms with Crippen LogP contribution in [0.25, 0.3) is 0 Å². The van der Waals surface area contributed by atoms with Crippen molar-refractivity contribution < 1.29 is 18.1 Å². The number of halogens is 1.